The van der Waals surface area contributed by atoms with Crippen LogP contribution in [0.1, 0.15) is 17.8 Å². The molecule has 0 saturated heterocycles. The van der Waals surface area contributed by atoms with Crippen molar-refractivity contribution >= 4 is 38.5 Å². The number of nitrogens with zero attached hydrogens (tertiary/aromatic N) is 8. The van der Waals surface area contributed by atoms with Gasteiger partial charge in [-0.25, -0.2) is 19.9 Å². The van der Waals surface area contributed by atoms with Crippen molar-refractivity contribution in [2.75, 3.05) is 5.73 Å². The molecular formula is C21H15N9S. The molecule has 4 aromatic heterocycles. The van der Waals surface area contributed by atoms with Crippen LogP contribution >= 0.6 is 11.3 Å². The molecule has 1 aromatic carbocycles. The zero-order chi connectivity index (χ0) is 21.4. The molecule has 0 bridgehead atoms. The number of nitriles is 2. The third-order valence-corrected chi connectivity index (χ3v) is 6.05. The maximum absolute atomic E-state index is 9.44. The van der Waals surface area contributed by atoms with Crippen molar-refractivity contribution in [1.29, 1.82) is 10.5 Å². The fraction of sp³-hybridized carbons (Fsp3) is 0.143. The number of nitrogen functional groups attached to an aromatic ring is 1. The molecule has 4 heterocycles. The standard InChI is InChI=1S/C21H15N9S/c22-10-14-15(11-23)27-20-18(26-14)17(21-28-13-4-1-2-5-16(13)31-21)19(24)30(20)8-3-7-29-9-6-25-12-29/h1-2,4-6,9,12H,3,7-8,24H2. The molecule has 5 rings (SSSR count). The Labute approximate surface area is 180 Å². The second-order valence-electron chi connectivity index (χ2n) is 6.87. The number of aryl methyl sites for hydroxylation is 2. The second kappa shape index (κ2) is 7.52. The van der Waals surface area contributed by atoms with E-state index in [1.165, 1.54) is 11.3 Å². The predicted molar refractivity (Wildman–Crippen MR) is 117 cm³/mol. The Hall–Kier alpha value is -4.28. The van der Waals surface area contributed by atoms with Crippen LogP contribution in [-0.2, 0) is 13.1 Å². The van der Waals surface area contributed by atoms with Crippen LogP contribution in [-0.4, -0.2) is 29.1 Å². The highest BCUT2D eigenvalue weighted by atomic mass is 32.1. The molecule has 0 radical (unpaired) electrons. The van der Waals surface area contributed by atoms with E-state index in [-0.39, 0.29) is 11.4 Å². The van der Waals surface area contributed by atoms with Gasteiger partial charge in [0.1, 0.15) is 28.5 Å². The third kappa shape index (κ3) is 3.16. The fourth-order valence-corrected chi connectivity index (χ4v) is 4.58. The highest BCUT2D eigenvalue weighted by Gasteiger charge is 2.24. The lowest BCUT2D eigenvalue weighted by Gasteiger charge is -2.08. The highest BCUT2D eigenvalue weighted by Crippen LogP contribution is 2.39. The predicted octanol–water partition coefficient (Wildman–Crippen LogP) is 3.32. The van der Waals surface area contributed by atoms with E-state index in [2.05, 4.69) is 15.0 Å². The first-order chi connectivity index (χ1) is 15.2. The van der Waals surface area contributed by atoms with Crippen LogP contribution in [0.5, 0.6) is 0 Å². The first-order valence-corrected chi connectivity index (χ1v) is 10.3. The summed E-state index contributed by atoms with van der Waals surface area (Å²) in [6, 6.07) is 11.7. The van der Waals surface area contributed by atoms with Crippen LogP contribution in [0.3, 0.4) is 0 Å². The molecule has 10 heteroatoms. The van der Waals surface area contributed by atoms with Crippen LogP contribution in [0.25, 0.3) is 32.0 Å². The molecule has 150 valence electrons. The molecular weight excluding hydrogens is 410 g/mol. The van der Waals surface area contributed by atoms with Gasteiger partial charge in [-0.3, -0.25) is 0 Å². The van der Waals surface area contributed by atoms with Crippen molar-refractivity contribution < 1.29 is 0 Å². The molecule has 0 amide bonds. The smallest absolute Gasteiger partial charge is 0.179 e. The summed E-state index contributed by atoms with van der Waals surface area (Å²) in [6.07, 6.45) is 6.17. The van der Waals surface area contributed by atoms with Crippen molar-refractivity contribution in [2.45, 2.75) is 19.5 Å². The fourth-order valence-electron chi connectivity index (χ4n) is 3.56. The second-order valence-corrected chi connectivity index (χ2v) is 7.90. The van der Waals surface area contributed by atoms with Gasteiger partial charge in [0.25, 0.3) is 0 Å². The lowest BCUT2D eigenvalue weighted by Crippen LogP contribution is -2.07. The monoisotopic (exact) mass is 425 g/mol. The van der Waals surface area contributed by atoms with E-state index in [1.807, 2.05) is 51.7 Å². The van der Waals surface area contributed by atoms with Gasteiger partial charge in [-0.05, 0) is 18.6 Å². The highest BCUT2D eigenvalue weighted by molar-refractivity contribution is 7.21. The quantitative estimate of drug-likeness (QED) is 0.456. The van der Waals surface area contributed by atoms with Crippen LogP contribution in [0.4, 0.5) is 5.82 Å². The molecule has 0 unspecified atom stereocenters. The van der Waals surface area contributed by atoms with E-state index in [0.717, 1.165) is 23.2 Å². The third-order valence-electron chi connectivity index (χ3n) is 4.99. The minimum absolute atomic E-state index is 0.0146. The first kappa shape index (κ1) is 18.7. The van der Waals surface area contributed by atoms with Crippen LogP contribution < -0.4 is 5.73 Å². The summed E-state index contributed by atoms with van der Waals surface area (Å²) in [6.45, 7) is 1.32. The summed E-state index contributed by atoms with van der Waals surface area (Å²) in [5.41, 5.74) is 9.01. The van der Waals surface area contributed by atoms with Gasteiger partial charge in [-0.15, -0.1) is 11.3 Å². The summed E-state index contributed by atoms with van der Waals surface area (Å²) in [4.78, 5) is 17.7. The van der Waals surface area contributed by atoms with Gasteiger partial charge in [0.05, 0.1) is 22.1 Å². The summed E-state index contributed by atoms with van der Waals surface area (Å²) >= 11 is 1.51. The molecule has 31 heavy (non-hydrogen) atoms. The van der Waals surface area contributed by atoms with Gasteiger partial charge >= 0.3 is 0 Å². The Balaban J connectivity index is 1.67. The van der Waals surface area contributed by atoms with Gasteiger partial charge in [0.2, 0.25) is 0 Å². The van der Waals surface area contributed by atoms with Crippen molar-refractivity contribution in [2.24, 2.45) is 0 Å². The number of hydrogen-bond acceptors (Lipinski definition) is 8. The number of fused-ring (bicyclic) bond motifs is 2. The normalized spacial score (nSPS) is 11.0. The van der Waals surface area contributed by atoms with E-state index in [1.54, 1.807) is 12.5 Å². The zero-order valence-corrected chi connectivity index (χ0v) is 17.0. The minimum Gasteiger partial charge on any atom is -0.384 e. The molecule has 0 aliphatic rings. The van der Waals surface area contributed by atoms with Gasteiger partial charge < -0.3 is 14.9 Å². The Bertz CT molecular complexity index is 1460. The van der Waals surface area contributed by atoms with Gasteiger partial charge in [-0.2, -0.15) is 10.5 Å². The van der Waals surface area contributed by atoms with Crippen molar-refractivity contribution in [3.63, 3.8) is 0 Å². The SMILES string of the molecule is N#Cc1nc2c(-c3nc4ccccc4s3)c(N)n(CCCn3ccnc3)c2nc1C#N. The largest absolute Gasteiger partial charge is 0.384 e. The van der Waals surface area contributed by atoms with E-state index in [9.17, 15) is 10.5 Å². The van der Waals surface area contributed by atoms with E-state index < -0.39 is 0 Å². The number of benzene rings is 1. The molecule has 2 N–H and O–H groups in total. The maximum atomic E-state index is 9.44. The molecule has 0 atom stereocenters. The molecule has 0 spiro atoms. The summed E-state index contributed by atoms with van der Waals surface area (Å²) in [7, 11) is 0. The minimum atomic E-state index is -0.0204. The summed E-state index contributed by atoms with van der Waals surface area (Å²) in [5.74, 6) is 0.471. The van der Waals surface area contributed by atoms with Crippen LogP contribution in [0.15, 0.2) is 43.0 Å². The molecule has 0 saturated carbocycles. The number of imidazole rings is 1. The molecule has 0 aliphatic heterocycles. The number of hydrogen-bond donors (Lipinski definition) is 1. The first-order valence-electron chi connectivity index (χ1n) is 9.51. The van der Waals surface area contributed by atoms with E-state index >= 15 is 0 Å². The van der Waals surface area contributed by atoms with Crippen molar-refractivity contribution in [3.8, 4) is 22.7 Å². The number of nitrogens with two attached hydrogens (primary N) is 1. The maximum Gasteiger partial charge on any atom is 0.179 e. The zero-order valence-electron chi connectivity index (χ0n) is 16.2. The Morgan fingerprint density at radius 2 is 1.84 bits per heavy atom. The Morgan fingerprint density at radius 1 is 1.03 bits per heavy atom. The number of rotatable bonds is 5. The van der Waals surface area contributed by atoms with E-state index in [0.29, 0.717) is 34.1 Å². The summed E-state index contributed by atoms with van der Waals surface area (Å²) in [5, 5.41) is 19.6. The Morgan fingerprint density at radius 3 is 2.58 bits per heavy atom. The number of para-hydroxylation sites is 1. The van der Waals surface area contributed by atoms with Gasteiger partial charge in [0.15, 0.2) is 17.0 Å². The van der Waals surface area contributed by atoms with Crippen LogP contribution in [0, 0.1) is 22.7 Å². The number of aromatic nitrogens is 6. The Kier molecular flexibility index (Phi) is 4.54. The average Bonchev–Trinajstić information content (AvgIpc) is 3.51. The number of thiazole rings is 1. The topological polar surface area (TPSA) is 135 Å². The number of anilines is 1. The summed E-state index contributed by atoms with van der Waals surface area (Å²) < 4.78 is 4.86. The van der Waals surface area contributed by atoms with Crippen LogP contribution in [0.2, 0.25) is 0 Å². The molecule has 0 aliphatic carbocycles. The van der Waals surface area contributed by atoms with Crippen molar-refractivity contribution in [3.05, 3.63) is 54.4 Å². The molecule has 9 nitrogen and oxygen atoms in total. The average molecular weight is 425 g/mol. The lowest BCUT2D eigenvalue weighted by molar-refractivity contribution is 0.575. The van der Waals surface area contributed by atoms with Gasteiger partial charge in [-0.1, -0.05) is 12.1 Å². The van der Waals surface area contributed by atoms with E-state index in [4.69, 9.17) is 10.7 Å². The molecule has 0 fully saturated rings. The van der Waals surface area contributed by atoms with Crippen molar-refractivity contribution in [1.82, 2.24) is 29.1 Å². The lowest BCUT2D eigenvalue weighted by atomic mass is 10.2. The molecule has 5 aromatic rings. The van der Waals surface area contributed by atoms with Gasteiger partial charge in [0, 0.05) is 25.5 Å².